The van der Waals surface area contributed by atoms with Gasteiger partial charge >= 0.3 is 0 Å². The molecule has 1 unspecified atom stereocenters. The van der Waals surface area contributed by atoms with E-state index >= 15 is 0 Å². The number of aliphatic imine (C=N–C) groups is 1. The molecule has 0 saturated heterocycles. The predicted molar refractivity (Wildman–Crippen MR) is 88.0 cm³/mol. The molecule has 1 amide bonds. The van der Waals surface area contributed by atoms with Crippen molar-refractivity contribution in [3.8, 4) is 0 Å². The van der Waals surface area contributed by atoms with Gasteiger partial charge in [0.05, 0.1) is 11.4 Å². The van der Waals surface area contributed by atoms with Gasteiger partial charge in [-0.15, -0.1) is 0 Å². The minimum absolute atomic E-state index is 0.0128. The fourth-order valence-corrected chi connectivity index (χ4v) is 2.82. The minimum Gasteiger partial charge on any atom is -0.387 e. The first-order valence-electron chi connectivity index (χ1n) is 8.14. The number of hydrogen-bond acceptors (Lipinski definition) is 3. The molecule has 5 heteroatoms. The molecule has 0 spiro atoms. The third-order valence-corrected chi connectivity index (χ3v) is 4.74. The van der Waals surface area contributed by atoms with E-state index in [2.05, 4.69) is 23.8 Å². The molecule has 2 heterocycles. The van der Waals surface area contributed by atoms with Crippen LogP contribution in [0.15, 0.2) is 23.3 Å². The Kier molecular flexibility index (Phi) is 3.89. The molecule has 2 N–H and O–H groups in total. The highest BCUT2D eigenvalue weighted by atomic mass is 16.2. The van der Waals surface area contributed by atoms with E-state index in [0.29, 0.717) is 12.3 Å². The Labute approximate surface area is 131 Å². The van der Waals surface area contributed by atoms with Crippen molar-refractivity contribution >= 4 is 17.4 Å². The van der Waals surface area contributed by atoms with Crippen LogP contribution in [0.3, 0.4) is 0 Å². The molecule has 22 heavy (non-hydrogen) atoms. The highest BCUT2D eigenvalue weighted by Crippen LogP contribution is 2.45. The number of rotatable bonds is 5. The Morgan fingerprint density at radius 1 is 1.55 bits per heavy atom. The molecular weight excluding hydrogens is 276 g/mol. The van der Waals surface area contributed by atoms with Crippen LogP contribution in [0.4, 0.5) is 5.69 Å². The van der Waals surface area contributed by atoms with E-state index in [1.54, 1.807) is 6.20 Å². The number of anilines is 1. The van der Waals surface area contributed by atoms with Gasteiger partial charge < -0.3 is 10.6 Å². The van der Waals surface area contributed by atoms with Crippen molar-refractivity contribution < 1.29 is 4.79 Å². The first-order valence-corrected chi connectivity index (χ1v) is 8.14. The maximum atomic E-state index is 12.8. The van der Waals surface area contributed by atoms with E-state index in [-0.39, 0.29) is 11.3 Å². The lowest BCUT2D eigenvalue weighted by atomic mass is 10.0. The zero-order chi connectivity index (χ0) is 15.7. The fourth-order valence-electron chi connectivity index (χ4n) is 2.82. The molecule has 0 aromatic carbocycles. The van der Waals surface area contributed by atoms with Gasteiger partial charge in [0.1, 0.15) is 11.9 Å². The summed E-state index contributed by atoms with van der Waals surface area (Å²) in [6.07, 6.45) is 6.49. The monoisotopic (exact) mass is 300 g/mol. The molecule has 1 aromatic rings. The topological polar surface area (TPSA) is 71.6 Å². The summed E-state index contributed by atoms with van der Waals surface area (Å²) in [5, 5.41) is 0. The number of nitrogens with two attached hydrogens (primary N) is 1. The van der Waals surface area contributed by atoms with Gasteiger partial charge in [0, 0.05) is 24.6 Å². The van der Waals surface area contributed by atoms with Crippen LogP contribution in [0.5, 0.6) is 0 Å². The second-order valence-corrected chi connectivity index (χ2v) is 6.61. The van der Waals surface area contributed by atoms with Gasteiger partial charge in [0.15, 0.2) is 0 Å². The molecule has 3 rings (SSSR count). The van der Waals surface area contributed by atoms with Gasteiger partial charge in [0.25, 0.3) is 5.91 Å². The third kappa shape index (κ3) is 2.72. The lowest BCUT2D eigenvalue weighted by Crippen LogP contribution is -2.45. The molecule has 1 aliphatic heterocycles. The number of pyridine rings is 1. The average molecular weight is 300 g/mol. The second-order valence-electron chi connectivity index (χ2n) is 6.61. The number of amidine groups is 1. The molecule has 5 nitrogen and oxygen atoms in total. The van der Waals surface area contributed by atoms with Gasteiger partial charge in [-0.25, -0.2) is 0 Å². The van der Waals surface area contributed by atoms with Gasteiger partial charge in [-0.3, -0.25) is 14.8 Å². The number of aromatic nitrogens is 1. The van der Waals surface area contributed by atoms with E-state index in [1.165, 1.54) is 0 Å². The standard InChI is InChI=1S/C17H24N4O/c1-3-4-10-21-14-6-5-9-19-12(14)11-13(15(21)22)20-16(18)17(2)7-8-17/h5-6,9,13H,3-4,7-8,10-11H2,1-2H3,(H2,18,20). The zero-order valence-corrected chi connectivity index (χ0v) is 13.4. The Hall–Kier alpha value is -1.91. The Morgan fingerprint density at radius 3 is 3.00 bits per heavy atom. The summed E-state index contributed by atoms with van der Waals surface area (Å²) in [6, 6.07) is 3.44. The fraction of sp³-hybridized carbons (Fsp3) is 0.588. The second kappa shape index (κ2) is 5.71. The lowest BCUT2D eigenvalue weighted by molar-refractivity contribution is -0.120. The number of amides is 1. The highest BCUT2D eigenvalue weighted by molar-refractivity contribution is 6.02. The molecule has 1 fully saturated rings. The van der Waals surface area contributed by atoms with Gasteiger partial charge in [-0.1, -0.05) is 20.3 Å². The summed E-state index contributed by atoms with van der Waals surface area (Å²) >= 11 is 0. The molecule has 2 aliphatic rings. The Morgan fingerprint density at radius 2 is 2.32 bits per heavy atom. The van der Waals surface area contributed by atoms with E-state index in [4.69, 9.17) is 5.73 Å². The van der Waals surface area contributed by atoms with E-state index in [1.807, 2.05) is 17.0 Å². The quantitative estimate of drug-likeness (QED) is 0.670. The van der Waals surface area contributed by atoms with Gasteiger partial charge in [-0.2, -0.15) is 0 Å². The molecule has 0 radical (unpaired) electrons. The van der Waals surface area contributed by atoms with Crippen LogP contribution in [0.25, 0.3) is 0 Å². The van der Waals surface area contributed by atoms with E-state index in [0.717, 1.165) is 43.6 Å². The molecule has 118 valence electrons. The first kappa shape index (κ1) is 15.0. The number of carbonyl (C=O) groups is 1. The van der Waals surface area contributed by atoms with Gasteiger partial charge in [0.2, 0.25) is 0 Å². The van der Waals surface area contributed by atoms with Crippen molar-refractivity contribution in [3.63, 3.8) is 0 Å². The van der Waals surface area contributed by atoms with Crippen LogP contribution in [-0.4, -0.2) is 29.3 Å². The summed E-state index contributed by atoms with van der Waals surface area (Å²) in [6.45, 7) is 4.96. The third-order valence-electron chi connectivity index (χ3n) is 4.74. The molecule has 1 aliphatic carbocycles. The molecule has 0 bridgehead atoms. The summed E-state index contributed by atoms with van der Waals surface area (Å²) in [4.78, 5) is 23.7. The summed E-state index contributed by atoms with van der Waals surface area (Å²) in [5.41, 5.74) is 8.02. The highest BCUT2D eigenvalue weighted by Gasteiger charge is 2.43. The van der Waals surface area contributed by atoms with Crippen molar-refractivity contribution in [3.05, 3.63) is 24.0 Å². The summed E-state index contributed by atoms with van der Waals surface area (Å²) < 4.78 is 0. The Balaban J connectivity index is 1.89. The molecule has 1 aromatic heterocycles. The maximum absolute atomic E-state index is 12.8. The SMILES string of the molecule is CCCCN1C(=O)C(N=C(N)C2(C)CC2)Cc2ncccc21. The lowest BCUT2D eigenvalue weighted by Gasteiger charge is -2.32. The number of hydrogen-bond donors (Lipinski definition) is 1. The van der Waals surface area contributed by atoms with Crippen LogP contribution < -0.4 is 10.6 Å². The number of fused-ring (bicyclic) bond motifs is 1. The van der Waals surface area contributed by atoms with Crippen molar-refractivity contribution in [1.29, 1.82) is 0 Å². The maximum Gasteiger partial charge on any atom is 0.252 e. The molecular formula is C17H24N4O. The summed E-state index contributed by atoms with van der Waals surface area (Å²) in [7, 11) is 0. The predicted octanol–water partition coefficient (Wildman–Crippen LogP) is 2.30. The average Bonchev–Trinajstić information content (AvgIpc) is 3.26. The van der Waals surface area contributed by atoms with Crippen LogP contribution in [0.1, 0.15) is 45.2 Å². The van der Waals surface area contributed by atoms with Crippen molar-refractivity contribution in [2.45, 2.75) is 52.0 Å². The van der Waals surface area contributed by atoms with Crippen LogP contribution in [0, 0.1) is 5.41 Å². The molecule has 1 saturated carbocycles. The van der Waals surface area contributed by atoms with Crippen molar-refractivity contribution in [2.75, 3.05) is 11.4 Å². The van der Waals surface area contributed by atoms with Gasteiger partial charge in [-0.05, 0) is 31.4 Å². The van der Waals surface area contributed by atoms with E-state index in [9.17, 15) is 4.79 Å². The number of unbranched alkanes of at least 4 members (excludes halogenated alkanes) is 1. The minimum atomic E-state index is -0.420. The van der Waals surface area contributed by atoms with Crippen LogP contribution in [-0.2, 0) is 11.2 Å². The normalized spacial score (nSPS) is 23.4. The molecule has 1 atom stereocenters. The Bertz CT molecular complexity index is 606. The largest absolute Gasteiger partial charge is 0.387 e. The van der Waals surface area contributed by atoms with Crippen molar-refractivity contribution in [1.82, 2.24) is 4.98 Å². The van der Waals surface area contributed by atoms with E-state index < -0.39 is 6.04 Å². The smallest absolute Gasteiger partial charge is 0.252 e. The van der Waals surface area contributed by atoms with Crippen LogP contribution in [0.2, 0.25) is 0 Å². The number of nitrogens with zero attached hydrogens (tertiary/aromatic N) is 3. The van der Waals surface area contributed by atoms with Crippen LogP contribution >= 0.6 is 0 Å². The number of carbonyl (C=O) groups excluding carboxylic acids is 1. The first-order chi connectivity index (χ1) is 10.5. The van der Waals surface area contributed by atoms with Crippen molar-refractivity contribution in [2.24, 2.45) is 16.1 Å². The zero-order valence-electron chi connectivity index (χ0n) is 13.4. The summed E-state index contributed by atoms with van der Waals surface area (Å²) in [5.74, 6) is 0.682.